The van der Waals surface area contributed by atoms with E-state index in [1.165, 1.54) is 12.8 Å². The molecule has 8 heteroatoms. The Morgan fingerprint density at radius 2 is 2.00 bits per heavy atom. The lowest BCUT2D eigenvalue weighted by molar-refractivity contribution is 0.176. The van der Waals surface area contributed by atoms with Gasteiger partial charge in [0.15, 0.2) is 5.65 Å². The predicted molar refractivity (Wildman–Crippen MR) is 146 cm³/mol. The van der Waals surface area contributed by atoms with E-state index in [4.69, 9.17) is 11.6 Å². The van der Waals surface area contributed by atoms with E-state index in [2.05, 4.69) is 46.1 Å². The van der Waals surface area contributed by atoms with Crippen LogP contribution in [0.3, 0.4) is 0 Å². The molecular formula is C29H33ClN6O. The van der Waals surface area contributed by atoms with Crippen molar-refractivity contribution in [2.75, 3.05) is 13.1 Å². The van der Waals surface area contributed by atoms with Crippen LogP contribution in [-0.4, -0.2) is 42.1 Å². The number of benzene rings is 1. The Morgan fingerprint density at radius 3 is 2.73 bits per heavy atom. The number of pyridine rings is 1. The maximum Gasteiger partial charge on any atom is 0.265 e. The third-order valence-electron chi connectivity index (χ3n) is 8.22. The van der Waals surface area contributed by atoms with E-state index >= 15 is 0 Å². The third kappa shape index (κ3) is 4.28. The Hall–Kier alpha value is -3.03. The highest BCUT2D eigenvalue weighted by molar-refractivity contribution is 6.33. The second-order valence-electron chi connectivity index (χ2n) is 11.3. The minimum absolute atomic E-state index is 0.104. The van der Waals surface area contributed by atoms with Gasteiger partial charge in [-0.15, -0.1) is 10.2 Å². The monoisotopic (exact) mass is 516 g/mol. The number of rotatable bonds is 5. The van der Waals surface area contributed by atoms with Gasteiger partial charge in [-0.05, 0) is 72.9 Å². The summed E-state index contributed by atoms with van der Waals surface area (Å²) in [6.45, 7) is 7.50. The predicted octanol–water partition coefficient (Wildman–Crippen LogP) is 5.09. The van der Waals surface area contributed by atoms with Crippen LogP contribution in [0.25, 0.3) is 16.8 Å². The van der Waals surface area contributed by atoms with Crippen LogP contribution in [0.5, 0.6) is 0 Å². The summed E-state index contributed by atoms with van der Waals surface area (Å²) >= 11 is 6.62. The van der Waals surface area contributed by atoms with Crippen molar-refractivity contribution >= 4 is 17.2 Å². The Kier molecular flexibility index (Phi) is 6.16. The average Bonchev–Trinajstić information content (AvgIpc) is 3.28. The van der Waals surface area contributed by atoms with Gasteiger partial charge in [0.05, 0.1) is 16.0 Å². The van der Waals surface area contributed by atoms with E-state index in [1.54, 1.807) is 16.9 Å². The minimum atomic E-state index is -0.191. The molecule has 1 aromatic carbocycles. The van der Waals surface area contributed by atoms with E-state index in [9.17, 15) is 4.79 Å². The van der Waals surface area contributed by atoms with Gasteiger partial charge in [-0.25, -0.2) is 4.98 Å². The first-order valence-corrected chi connectivity index (χ1v) is 13.6. The lowest BCUT2D eigenvalue weighted by Gasteiger charge is -2.46. The number of aryl methyl sites for hydroxylation is 1. The normalized spacial score (nSPS) is 24.3. The van der Waals surface area contributed by atoms with Gasteiger partial charge >= 0.3 is 0 Å². The van der Waals surface area contributed by atoms with Gasteiger partial charge < -0.3 is 4.57 Å². The molecule has 1 saturated carbocycles. The van der Waals surface area contributed by atoms with Gasteiger partial charge in [-0.1, -0.05) is 43.6 Å². The first-order valence-electron chi connectivity index (χ1n) is 13.2. The van der Waals surface area contributed by atoms with Crippen LogP contribution in [-0.2, 0) is 19.0 Å². The number of hydrogen-bond donors (Lipinski definition) is 0. The van der Waals surface area contributed by atoms with Gasteiger partial charge in [0, 0.05) is 32.5 Å². The van der Waals surface area contributed by atoms with Crippen LogP contribution in [0, 0.1) is 11.8 Å². The topological polar surface area (TPSA) is 68.3 Å². The molecule has 37 heavy (non-hydrogen) atoms. The summed E-state index contributed by atoms with van der Waals surface area (Å²) in [6.07, 6.45) is 9.83. The molecule has 0 spiro atoms. The number of halogens is 1. The zero-order chi connectivity index (χ0) is 25.7. The third-order valence-corrected chi connectivity index (χ3v) is 8.50. The van der Waals surface area contributed by atoms with Crippen LogP contribution >= 0.6 is 11.6 Å². The minimum Gasteiger partial charge on any atom is -0.320 e. The summed E-state index contributed by atoms with van der Waals surface area (Å²) in [7, 11) is 2.00. The van der Waals surface area contributed by atoms with Crippen molar-refractivity contribution in [3.63, 3.8) is 0 Å². The summed E-state index contributed by atoms with van der Waals surface area (Å²) in [4.78, 5) is 20.8. The van der Waals surface area contributed by atoms with Crippen LogP contribution in [0.15, 0.2) is 53.8 Å². The molecular weight excluding hydrogens is 484 g/mol. The van der Waals surface area contributed by atoms with Crippen LogP contribution in [0.2, 0.25) is 5.02 Å². The maximum absolute atomic E-state index is 13.8. The van der Waals surface area contributed by atoms with Crippen molar-refractivity contribution in [3.05, 3.63) is 81.4 Å². The molecule has 4 aromatic rings. The van der Waals surface area contributed by atoms with Gasteiger partial charge in [-0.2, -0.15) is 0 Å². The summed E-state index contributed by atoms with van der Waals surface area (Å²) in [5, 5.41) is 9.12. The fourth-order valence-corrected chi connectivity index (χ4v) is 6.83. The molecule has 1 saturated heterocycles. The summed E-state index contributed by atoms with van der Waals surface area (Å²) in [5.74, 6) is 2.27. The lowest BCUT2D eigenvalue weighted by atomic mass is 9.58. The van der Waals surface area contributed by atoms with E-state index in [0.717, 1.165) is 55.0 Å². The number of nitrogens with zero attached hydrogens (tertiary/aromatic N) is 6. The van der Waals surface area contributed by atoms with Gasteiger partial charge in [-0.3, -0.25) is 14.1 Å². The van der Waals surface area contributed by atoms with E-state index in [1.807, 2.05) is 36.0 Å². The summed E-state index contributed by atoms with van der Waals surface area (Å²) in [6, 6.07) is 10.2. The van der Waals surface area contributed by atoms with Gasteiger partial charge in [0.25, 0.3) is 5.56 Å². The fraction of sp³-hybridized carbons (Fsp3) is 0.448. The molecule has 2 fully saturated rings. The second kappa shape index (κ2) is 9.37. The molecule has 0 radical (unpaired) electrons. The molecule has 6 rings (SSSR count). The summed E-state index contributed by atoms with van der Waals surface area (Å²) < 4.78 is 3.63. The van der Waals surface area contributed by atoms with Gasteiger partial charge in [0.1, 0.15) is 12.2 Å². The number of likely N-dealkylation sites (tertiary alicyclic amines) is 1. The summed E-state index contributed by atoms with van der Waals surface area (Å²) in [5.41, 5.74) is 3.82. The quantitative estimate of drug-likeness (QED) is 0.369. The molecule has 1 aliphatic heterocycles. The zero-order valence-electron chi connectivity index (χ0n) is 21.7. The highest BCUT2D eigenvalue weighted by atomic mass is 35.5. The smallest absolute Gasteiger partial charge is 0.265 e. The molecule has 3 aromatic heterocycles. The van der Waals surface area contributed by atoms with E-state index in [0.29, 0.717) is 28.1 Å². The Bertz CT molecular complexity index is 1520. The average molecular weight is 517 g/mol. The Balaban J connectivity index is 1.39. The van der Waals surface area contributed by atoms with Crippen LogP contribution in [0.1, 0.15) is 56.5 Å². The van der Waals surface area contributed by atoms with Crippen molar-refractivity contribution in [3.8, 4) is 11.1 Å². The molecule has 1 atom stereocenters. The number of aromatic nitrogens is 5. The highest BCUT2D eigenvalue weighted by Crippen LogP contribution is 2.51. The number of fused-ring (bicyclic) bond motifs is 1. The Morgan fingerprint density at radius 1 is 1.16 bits per heavy atom. The first-order chi connectivity index (χ1) is 17.8. The van der Waals surface area contributed by atoms with Crippen LogP contribution in [0.4, 0.5) is 0 Å². The fourth-order valence-electron chi connectivity index (χ4n) is 6.55. The molecule has 0 bridgehead atoms. The van der Waals surface area contributed by atoms with Crippen molar-refractivity contribution < 1.29 is 0 Å². The van der Waals surface area contributed by atoms with Crippen molar-refractivity contribution in [2.24, 2.45) is 18.9 Å². The number of piperidine rings is 1. The van der Waals surface area contributed by atoms with Crippen molar-refractivity contribution in [1.29, 1.82) is 0 Å². The van der Waals surface area contributed by atoms with Gasteiger partial charge in [0.2, 0.25) is 0 Å². The van der Waals surface area contributed by atoms with E-state index < -0.39 is 0 Å². The first kappa shape index (κ1) is 24.3. The molecule has 2 aliphatic rings. The second-order valence-corrected chi connectivity index (χ2v) is 11.7. The molecule has 4 heterocycles. The zero-order valence-corrected chi connectivity index (χ0v) is 22.4. The Labute approximate surface area is 222 Å². The van der Waals surface area contributed by atoms with Crippen molar-refractivity contribution in [2.45, 2.75) is 51.5 Å². The molecule has 0 unspecified atom stereocenters. The number of hydrogen-bond acceptors (Lipinski definition) is 5. The molecule has 7 nitrogen and oxygen atoms in total. The van der Waals surface area contributed by atoms with Crippen molar-refractivity contribution in [1.82, 2.24) is 29.0 Å². The molecule has 1 aliphatic carbocycles. The SMILES string of the molecule is CC1CC(c2cccc(-c3cnc4c(Cl)cc(CN5CCC[C@H](C)C5)cn4c3=O)c2)(c2nncn2C)C1. The maximum atomic E-state index is 13.8. The van der Waals surface area contributed by atoms with Crippen LogP contribution < -0.4 is 5.56 Å². The standard InChI is InChI=1S/C29H33ClN6O/c1-19-6-5-9-35(15-19)16-21-10-25(30)26-31-14-24(27(37)36(26)17-21)22-7-4-8-23(11-22)29(12-20(2)13-29)28-33-32-18-34(28)3/h4,7-8,10-11,14,17-20H,5-6,9,12-13,15-16H2,1-3H3/t19-,20?,29?/m0/s1. The molecule has 0 amide bonds. The highest BCUT2D eigenvalue weighted by Gasteiger charge is 2.48. The lowest BCUT2D eigenvalue weighted by Crippen LogP contribution is -2.43. The largest absolute Gasteiger partial charge is 0.320 e. The molecule has 192 valence electrons. The molecule has 0 N–H and O–H groups in total. The van der Waals surface area contributed by atoms with E-state index in [-0.39, 0.29) is 11.0 Å².